The highest BCUT2D eigenvalue weighted by Crippen LogP contribution is 2.35. The summed E-state index contributed by atoms with van der Waals surface area (Å²) < 4.78 is 55.9. The van der Waals surface area contributed by atoms with Crippen molar-refractivity contribution in [3.05, 3.63) is 136 Å². The summed E-state index contributed by atoms with van der Waals surface area (Å²) in [5.41, 5.74) is 4.02. The van der Waals surface area contributed by atoms with Gasteiger partial charge in [-0.25, -0.2) is 27.5 Å². The summed E-state index contributed by atoms with van der Waals surface area (Å²) in [7, 11) is 0. The minimum absolute atomic E-state index is 0.0437. The third-order valence-corrected chi connectivity index (χ3v) is 11.1. The van der Waals surface area contributed by atoms with E-state index >= 15 is 4.39 Å². The van der Waals surface area contributed by atoms with Crippen LogP contribution in [-0.2, 0) is 13.1 Å². The molecule has 63 heavy (non-hydrogen) atoms. The molecule has 2 aliphatic heterocycles. The van der Waals surface area contributed by atoms with Gasteiger partial charge in [0, 0.05) is 60.1 Å². The van der Waals surface area contributed by atoms with E-state index in [2.05, 4.69) is 83.0 Å². The largest absolute Gasteiger partial charge is 0.368 e. The maximum Gasteiger partial charge on any atom is 0.189 e. The zero-order valence-electron chi connectivity index (χ0n) is 37.2. The van der Waals surface area contributed by atoms with Crippen LogP contribution in [-0.4, -0.2) is 59.3 Å². The second kappa shape index (κ2) is 21.6. The van der Waals surface area contributed by atoms with E-state index in [0.717, 1.165) is 54.0 Å². The lowest BCUT2D eigenvalue weighted by Crippen LogP contribution is -2.49. The molecular formula is C50H61ClF4N8. The van der Waals surface area contributed by atoms with Gasteiger partial charge < -0.3 is 31.5 Å². The molecule has 13 heteroatoms. The van der Waals surface area contributed by atoms with Gasteiger partial charge >= 0.3 is 0 Å². The van der Waals surface area contributed by atoms with Crippen LogP contribution in [0.15, 0.2) is 97.1 Å². The number of nitrogens with zero attached hydrogens (tertiary/aromatic N) is 3. The van der Waals surface area contributed by atoms with Crippen molar-refractivity contribution in [3.8, 4) is 0 Å². The fraction of sp³-hybridized carbons (Fsp3) is 0.400. The molecule has 0 aliphatic carbocycles. The molecule has 0 atom stereocenters. The van der Waals surface area contributed by atoms with E-state index in [9.17, 15) is 13.2 Å². The number of pyridine rings is 2. The Bertz CT molecular complexity index is 2390. The summed E-state index contributed by atoms with van der Waals surface area (Å²) in [6.07, 6.45) is 4.48. The first-order chi connectivity index (χ1) is 30.0. The number of fused-ring (bicyclic) bond motifs is 2. The summed E-state index contributed by atoms with van der Waals surface area (Å²) in [6.45, 7) is 17.8. The molecule has 0 amide bonds. The number of para-hydroxylation sites is 2. The SMILES string of the molecule is CC(C)(C)NC1CCN(c2c(F)c(NCc3ccc(F)cc3)nc3ccccc23)CC1.CC(C)(C)NC1CCNCC1.Fc1ccc(CNc2nc3ccccc3c(Cl)c2F)cc1. The average molecular weight is 886 g/mol. The molecule has 8 nitrogen and oxygen atoms in total. The Kier molecular flexibility index (Phi) is 16.3. The summed E-state index contributed by atoms with van der Waals surface area (Å²) >= 11 is 6.03. The Balaban J connectivity index is 0.000000177. The normalized spacial score (nSPS) is 15.1. The molecule has 5 N–H and O–H groups in total. The van der Waals surface area contributed by atoms with Crippen LogP contribution in [0.2, 0.25) is 5.02 Å². The lowest BCUT2D eigenvalue weighted by Gasteiger charge is -2.38. The molecular weight excluding hydrogens is 824 g/mol. The van der Waals surface area contributed by atoms with Gasteiger partial charge in [0.15, 0.2) is 23.3 Å². The predicted molar refractivity (Wildman–Crippen MR) is 253 cm³/mol. The second-order valence-electron chi connectivity index (χ2n) is 18.3. The third kappa shape index (κ3) is 14.0. The van der Waals surface area contributed by atoms with E-state index in [1.165, 1.54) is 50.2 Å². The Hall–Kier alpha value is -5.01. The van der Waals surface area contributed by atoms with Crippen LogP contribution in [0.3, 0.4) is 0 Å². The van der Waals surface area contributed by atoms with Gasteiger partial charge in [-0.2, -0.15) is 0 Å². The Morgan fingerprint density at radius 3 is 1.51 bits per heavy atom. The number of hydrogen-bond acceptors (Lipinski definition) is 8. The highest BCUT2D eigenvalue weighted by molar-refractivity contribution is 6.35. The summed E-state index contributed by atoms with van der Waals surface area (Å²) in [5.74, 6) is -1.20. The highest BCUT2D eigenvalue weighted by atomic mass is 35.5. The summed E-state index contributed by atoms with van der Waals surface area (Å²) in [4.78, 5) is 10.9. The molecule has 8 rings (SSSR count). The van der Waals surface area contributed by atoms with Crippen molar-refractivity contribution in [2.45, 2.75) is 103 Å². The van der Waals surface area contributed by atoms with Crippen molar-refractivity contribution >= 4 is 50.7 Å². The van der Waals surface area contributed by atoms with E-state index in [1.54, 1.807) is 42.5 Å². The maximum absolute atomic E-state index is 15.7. The third-order valence-electron chi connectivity index (χ3n) is 10.8. The molecule has 2 aromatic heterocycles. The number of hydrogen-bond donors (Lipinski definition) is 5. The summed E-state index contributed by atoms with van der Waals surface area (Å²) in [6, 6.07) is 28.1. The number of aromatic nitrogens is 2. The van der Waals surface area contributed by atoms with E-state index in [4.69, 9.17) is 11.6 Å². The number of rotatable bonds is 9. The Labute approximate surface area is 374 Å². The van der Waals surface area contributed by atoms with Crippen molar-refractivity contribution in [3.63, 3.8) is 0 Å². The second-order valence-corrected chi connectivity index (χ2v) is 18.7. The van der Waals surface area contributed by atoms with Gasteiger partial charge in [0.05, 0.1) is 21.7 Å². The quantitative estimate of drug-likeness (QED) is 0.0918. The average Bonchev–Trinajstić information content (AvgIpc) is 3.25. The van der Waals surface area contributed by atoms with E-state index in [-0.39, 0.29) is 45.2 Å². The van der Waals surface area contributed by atoms with Gasteiger partial charge in [0.25, 0.3) is 0 Å². The van der Waals surface area contributed by atoms with Crippen molar-refractivity contribution in [2.75, 3.05) is 41.7 Å². The fourth-order valence-corrected chi connectivity index (χ4v) is 8.13. The van der Waals surface area contributed by atoms with Crippen LogP contribution < -0.4 is 31.5 Å². The van der Waals surface area contributed by atoms with E-state index in [0.29, 0.717) is 35.7 Å². The first-order valence-electron chi connectivity index (χ1n) is 21.8. The first-order valence-corrected chi connectivity index (χ1v) is 22.2. The topological polar surface area (TPSA) is 89.2 Å². The molecule has 0 saturated carbocycles. The van der Waals surface area contributed by atoms with Crippen LogP contribution in [0, 0.1) is 23.3 Å². The molecule has 4 aromatic carbocycles. The van der Waals surface area contributed by atoms with E-state index < -0.39 is 5.82 Å². The van der Waals surface area contributed by atoms with Crippen molar-refractivity contribution in [2.24, 2.45) is 0 Å². The van der Waals surface area contributed by atoms with Gasteiger partial charge in [-0.15, -0.1) is 0 Å². The molecule has 4 heterocycles. The molecule has 2 saturated heterocycles. The van der Waals surface area contributed by atoms with Crippen LogP contribution in [0.1, 0.15) is 78.4 Å². The van der Waals surface area contributed by atoms with Crippen molar-refractivity contribution < 1.29 is 17.6 Å². The predicted octanol–water partition coefficient (Wildman–Crippen LogP) is 11.4. The van der Waals surface area contributed by atoms with Gasteiger partial charge in [0.2, 0.25) is 0 Å². The Morgan fingerprint density at radius 1 is 0.587 bits per heavy atom. The van der Waals surface area contributed by atoms with Crippen LogP contribution in [0.25, 0.3) is 21.8 Å². The number of halogens is 5. The molecule has 0 bridgehead atoms. The van der Waals surface area contributed by atoms with Crippen LogP contribution in [0.4, 0.5) is 34.9 Å². The molecule has 6 aromatic rings. The number of nitrogens with one attached hydrogen (secondary N) is 5. The van der Waals surface area contributed by atoms with Gasteiger partial charge in [0.1, 0.15) is 11.6 Å². The lowest BCUT2D eigenvalue weighted by molar-refractivity contribution is 0.304. The number of benzene rings is 4. The molecule has 2 fully saturated rings. The molecule has 0 unspecified atom stereocenters. The first kappa shape index (κ1) is 47.5. The fourth-order valence-electron chi connectivity index (χ4n) is 7.88. The zero-order valence-corrected chi connectivity index (χ0v) is 38.0. The monoisotopic (exact) mass is 884 g/mol. The molecule has 0 spiro atoms. The van der Waals surface area contributed by atoms with Gasteiger partial charge in [-0.1, -0.05) is 72.3 Å². The lowest BCUT2D eigenvalue weighted by atomic mass is 9.99. The maximum atomic E-state index is 15.7. The molecule has 2 aliphatic rings. The molecule has 336 valence electrons. The van der Waals surface area contributed by atoms with Crippen molar-refractivity contribution in [1.82, 2.24) is 25.9 Å². The standard InChI is InChI=1S/C25H30F2N4.C16H11ClF2N2.C9H20N2/c1-25(2,3)30-19-12-14-31(15-13-19)23-20-6-4-5-7-21(20)29-24(22(23)27)28-16-17-8-10-18(26)11-9-17;17-14-12-3-1-2-4-13(12)21-16(15(14)19)20-9-10-5-7-11(18)8-6-10;1-9(2,3)11-8-4-6-10-7-5-8/h4-11,19,30H,12-16H2,1-3H3,(H,28,29);1-8H,9H2,(H,20,21);8,10-11H,4-7H2,1-3H3. The highest BCUT2D eigenvalue weighted by Gasteiger charge is 2.27. The summed E-state index contributed by atoms with van der Waals surface area (Å²) in [5, 5.41) is 18.1. The number of piperidine rings is 2. The molecule has 0 radical (unpaired) electrons. The minimum atomic E-state index is -0.586. The van der Waals surface area contributed by atoms with Gasteiger partial charge in [-0.05, 0) is 128 Å². The minimum Gasteiger partial charge on any atom is -0.368 e. The van der Waals surface area contributed by atoms with Crippen LogP contribution in [0.5, 0.6) is 0 Å². The Morgan fingerprint density at radius 2 is 1.02 bits per heavy atom. The number of anilines is 3. The van der Waals surface area contributed by atoms with Crippen LogP contribution >= 0.6 is 11.6 Å². The van der Waals surface area contributed by atoms with Crippen molar-refractivity contribution in [1.29, 1.82) is 0 Å². The zero-order chi connectivity index (χ0) is 45.1. The van der Waals surface area contributed by atoms with Gasteiger partial charge in [-0.3, -0.25) is 0 Å². The smallest absolute Gasteiger partial charge is 0.189 e. The van der Waals surface area contributed by atoms with E-state index in [1.807, 2.05) is 30.3 Å².